The third kappa shape index (κ3) is 5.60. The largest absolute Gasteiger partial charge is 0.344 e. The van der Waals surface area contributed by atoms with Gasteiger partial charge in [-0.1, -0.05) is 23.8 Å². The summed E-state index contributed by atoms with van der Waals surface area (Å²) in [4.78, 5) is 0.192. The predicted octanol–water partition coefficient (Wildman–Crippen LogP) is 2.60. The van der Waals surface area contributed by atoms with Crippen LogP contribution in [-0.4, -0.2) is 15.0 Å². The minimum Gasteiger partial charge on any atom is -0.344 e. The Morgan fingerprint density at radius 2 is 1.76 bits per heavy atom. The third-order valence-corrected chi connectivity index (χ3v) is 3.20. The van der Waals surface area contributed by atoms with Crippen LogP contribution in [0, 0.1) is 6.92 Å². The van der Waals surface area contributed by atoms with Crippen molar-refractivity contribution in [3.63, 3.8) is 0 Å². The first kappa shape index (κ1) is 18.2. The molecule has 0 saturated heterocycles. The Morgan fingerprint density at radius 1 is 1.24 bits per heavy atom. The molecule has 1 rings (SSSR count). The van der Waals surface area contributed by atoms with Crippen LogP contribution in [0.15, 0.2) is 41.8 Å². The fourth-order valence-corrected chi connectivity index (χ4v) is 1.94. The SMILES string of the molecule is C=CCCOS(=O)(=O)c1ccc(C)cc1.N.N. The lowest BCUT2D eigenvalue weighted by molar-refractivity contribution is 0.325. The van der Waals surface area contributed by atoms with Crippen molar-refractivity contribution in [2.45, 2.75) is 18.2 Å². The fourth-order valence-electron chi connectivity index (χ4n) is 1.01. The van der Waals surface area contributed by atoms with Crippen LogP contribution in [-0.2, 0) is 14.3 Å². The van der Waals surface area contributed by atoms with Crippen molar-refractivity contribution < 1.29 is 12.6 Å². The maximum absolute atomic E-state index is 11.6. The number of hydrogen-bond donors (Lipinski definition) is 2. The summed E-state index contributed by atoms with van der Waals surface area (Å²) < 4.78 is 27.9. The maximum atomic E-state index is 11.6. The molecule has 0 aromatic heterocycles. The van der Waals surface area contributed by atoms with Crippen molar-refractivity contribution in [1.82, 2.24) is 12.3 Å². The highest BCUT2D eigenvalue weighted by atomic mass is 32.2. The fraction of sp³-hybridized carbons (Fsp3) is 0.273. The second kappa shape index (κ2) is 7.97. The smallest absolute Gasteiger partial charge is 0.296 e. The number of hydrogen-bond acceptors (Lipinski definition) is 5. The number of aryl methyl sites for hydroxylation is 1. The molecule has 1 aromatic carbocycles. The van der Waals surface area contributed by atoms with Gasteiger partial charge in [0.05, 0.1) is 11.5 Å². The van der Waals surface area contributed by atoms with Gasteiger partial charge in [0.25, 0.3) is 10.1 Å². The van der Waals surface area contributed by atoms with Gasteiger partial charge in [0.1, 0.15) is 0 Å². The summed E-state index contributed by atoms with van der Waals surface area (Å²) in [6.07, 6.45) is 2.13. The third-order valence-electron chi connectivity index (χ3n) is 1.87. The first-order valence-electron chi connectivity index (χ1n) is 4.63. The van der Waals surface area contributed by atoms with Gasteiger partial charge in [-0.05, 0) is 25.5 Å². The van der Waals surface area contributed by atoms with Gasteiger partial charge in [0, 0.05) is 0 Å². The van der Waals surface area contributed by atoms with Gasteiger partial charge in [0.2, 0.25) is 0 Å². The van der Waals surface area contributed by atoms with E-state index in [9.17, 15) is 8.42 Å². The lowest BCUT2D eigenvalue weighted by Crippen LogP contribution is -2.07. The van der Waals surface area contributed by atoms with Gasteiger partial charge in [-0.25, -0.2) is 0 Å². The summed E-state index contributed by atoms with van der Waals surface area (Å²) in [5.41, 5.74) is 1.01. The number of benzene rings is 1. The average Bonchev–Trinajstić information content (AvgIpc) is 2.18. The summed E-state index contributed by atoms with van der Waals surface area (Å²) in [7, 11) is -3.60. The van der Waals surface area contributed by atoms with Gasteiger partial charge in [-0.2, -0.15) is 8.42 Å². The minimum atomic E-state index is -3.60. The van der Waals surface area contributed by atoms with Crippen LogP contribution >= 0.6 is 0 Å². The molecule has 0 fully saturated rings. The van der Waals surface area contributed by atoms with E-state index in [-0.39, 0.29) is 23.8 Å². The van der Waals surface area contributed by atoms with E-state index in [0.717, 1.165) is 5.56 Å². The molecule has 0 saturated carbocycles. The van der Waals surface area contributed by atoms with E-state index in [2.05, 4.69) is 6.58 Å². The van der Waals surface area contributed by atoms with E-state index in [1.807, 2.05) is 6.92 Å². The first-order valence-corrected chi connectivity index (χ1v) is 6.04. The highest BCUT2D eigenvalue weighted by molar-refractivity contribution is 7.86. The average molecular weight is 260 g/mol. The number of rotatable bonds is 5. The summed E-state index contributed by atoms with van der Waals surface area (Å²) in [6.45, 7) is 5.53. The molecule has 98 valence electrons. The van der Waals surface area contributed by atoms with Crippen molar-refractivity contribution in [3.8, 4) is 0 Å². The van der Waals surface area contributed by atoms with Gasteiger partial charge in [-0.3, -0.25) is 4.18 Å². The molecule has 0 aliphatic rings. The molecule has 0 atom stereocenters. The molecule has 0 aliphatic carbocycles. The highest BCUT2D eigenvalue weighted by Crippen LogP contribution is 2.13. The molecule has 0 amide bonds. The molecule has 0 radical (unpaired) electrons. The lowest BCUT2D eigenvalue weighted by atomic mass is 10.2. The Bertz CT molecular complexity index is 427. The van der Waals surface area contributed by atoms with E-state index < -0.39 is 10.1 Å². The molecule has 5 nitrogen and oxygen atoms in total. The minimum absolute atomic E-state index is 0. The van der Waals surface area contributed by atoms with Crippen molar-refractivity contribution >= 4 is 10.1 Å². The van der Waals surface area contributed by atoms with Crippen molar-refractivity contribution in [1.29, 1.82) is 0 Å². The Hall–Kier alpha value is -1.21. The molecule has 0 aliphatic heterocycles. The van der Waals surface area contributed by atoms with E-state index in [1.165, 1.54) is 0 Å². The summed E-state index contributed by atoms with van der Waals surface area (Å²) in [5.74, 6) is 0. The summed E-state index contributed by atoms with van der Waals surface area (Å²) in [5, 5.41) is 0. The van der Waals surface area contributed by atoms with E-state index in [4.69, 9.17) is 4.18 Å². The topological polar surface area (TPSA) is 113 Å². The highest BCUT2D eigenvalue weighted by Gasteiger charge is 2.13. The van der Waals surface area contributed by atoms with Crippen LogP contribution in [0.25, 0.3) is 0 Å². The second-order valence-electron chi connectivity index (χ2n) is 3.17. The molecule has 17 heavy (non-hydrogen) atoms. The molecule has 0 bridgehead atoms. The first-order chi connectivity index (χ1) is 7.06. The van der Waals surface area contributed by atoms with Crippen LogP contribution in [0.1, 0.15) is 12.0 Å². The molecule has 0 unspecified atom stereocenters. The van der Waals surface area contributed by atoms with Crippen molar-refractivity contribution in [2.75, 3.05) is 6.61 Å². The summed E-state index contributed by atoms with van der Waals surface area (Å²) in [6, 6.07) is 6.56. The molecule has 0 spiro atoms. The zero-order valence-electron chi connectivity index (χ0n) is 10.1. The molecular formula is C11H20N2O3S. The van der Waals surface area contributed by atoms with E-state index >= 15 is 0 Å². The second-order valence-corrected chi connectivity index (χ2v) is 4.78. The van der Waals surface area contributed by atoms with Crippen LogP contribution in [0.2, 0.25) is 0 Å². The quantitative estimate of drug-likeness (QED) is 0.480. The molecular weight excluding hydrogens is 240 g/mol. The molecule has 0 heterocycles. The van der Waals surface area contributed by atoms with Crippen LogP contribution in [0.4, 0.5) is 0 Å². The van der Waals surface area contributed by atoms with E-state index in [1.54, 1.807) is 30.3 Å². The van der Waals surface area contributed by atoms with Gasteiger partial charge in [-0.15, -0.1) is 6.58 Å². The Labute approximate surface area is 103 Å². The Kier molecular flexibility index (Phi) is 8.51. The molecule has 6 heteroatoms. The zero-order valence-corrected chi connectivity index (χ0v) is 10.9. The zero-order chi connectivity index (χ0) is 11.3. The van der Waals surface area contributed by atoms with E-state index in [0.29, 0.717) is 6.42 Å². The predicted molar refractivity (Wildman–Crippen MR) is 69.2 cm³/mol. The monoisotopic (exact) mass is 260 g/mol. The van der Waals surface area contributed by atoms with Crippen molar-refractivity contribution in [2.24, 2.45) is 0 Å². The Balaban J connectivity index is 0. The van der Waals surface area contributed by atoms with Crippen LogP contribution < -0.4 is 12.3 Å². The standard InChI is InChI=1S/C11H14O3S.2H3N/c1-3-4-9-14-15(12,13)11-7-5-10(2)6-8-11;;/h3,5-8H,1,4,9H2,2H3;2*1H3. The normalized spacial score (nSPS) is 9.94. The Morgan fingerprint density at radius 3 is 2.24 bits per heavy atom. The van der Waals surface area contributed by atoms with Crippen molar-refractivity contribution in [3.05, 3.63) is 42.5 Å². The van der Waals surface area contributed by atoms with Crippen LogP contribution in [0.3, 0.4) is 0 Å². The molecule has 1 aromatic rings. The summed E-state index contributed by atoms with van der Waals surface area (Å²) >= 11 is 0. The lowest BCUT2D eigenvalue weighted by Gasteiger charge is -2.04. The maximum Gasteiger partial charge on any atom is 0.296 e. The van der Waals surface area contributed by atoms with Gasteiger partial charge >= 0.3 is 0 Å². The van der Waals surface area contributed by atoms with Crippen LogP contribution in [0.5, 0.6) is 0 Å². The van der Waals surface area contributed by atoms with Gasteiger partial charge in [0.15, 0.2) is 0 Å². The molecule has 6 N–H and O–H groups in total. The van der Waals surface area contributed by atoms with Gasteiger partial charge < -0.3 is 12.3 Å².